The van der Waals surface area contributed by atoms with E-state index in [2.05, 4.69) is 56.3 Å². The summed E-state index contributed by atoms with van der Waals surface area (Å²) in [6.07, 6.45) is 10.8. The fourth-order valence-corrected chi connectivity index (χ4v) is 5.27. The first kappa shape index (κ1) is 16.9. The molecule has 0 N–H and O–H groups in total. The minimum absolute atomic E-state index is 0.612. The van der Waals surface area contributed by atoms with Gasteiger partial charge in [0.2, 0.25) is 0 Å². The third-order valence-electron chi connectivity index (χ3n) is 6.92. The van der Waals surface area contributed by atoms with Gasteiger partial charge in [0, 0.05) is 5.92 Å². The lowest BCUT2D eigenvalue weighted by molar-refractivity contribution is 0.235. The van der Waals surface area contributed by atoms with Gasteiger partial charge in [-0.05, 0) is 65.3 Å². The Bertz CT molecular complexity index is 727. The van der Waals surface area contributed by atoms with Crippen LogP contribution in [0.3, 0.4) is 0 Å². The van der Waals surface area contributed by atoms with Gasteiger partial charge in [0.05, 0.1) is 0 Å². The van der Waals surface area contributed by atoms with E-state index < -0.39 is 0 Å². The number of hydrogen-bond donors (Lipinski definition) is 0. The highest BCUT2D eigenvalue weighted by Crippen LogP contribution is 2.42. The smallest absolute Gasteiger partial charge is 0.00952 e. The second-order valence-electron chi connectivity index (χ2n) is 8.41. The number of aryl methyl sites for hydroxylation is 1. The number of rotatable bonds is 4. The van der Waals surface area contributed by atoms with Crippen LogP contribution in [-0.4, -0.2) is 0 Å². The SMILES string of the molecule is CCc1ccc2c(c1)C(CCC1CCCCC1C)c1ccccc1C2. The van der Waals surface area contributed by atoms with Crippen molar-refractivity contribution in [1.82, 2.24) is 0 Å². The predicted molar refractivity (Wildman–Crippen MR) is 107 cm³/mol. The molecule has 1 fully saturated rings. The molecule has 0 nitrogen and oxygen atoms in total. The quantitative estimate of drug-likeness (QED) is 0.571. The van der Waals surface area contributed by atoms with Crippen LogP contribution in [0.2, 0.25) is 0 Å². The van der Waals surface area contributed by atoms with Crippen molar-refractivity contribution in [1.29, 1.82) is 0 Å². The average molecular weight is 333 g/mol. The van der Waals surface area contributed by atoms with E-state index in [1.165, 1.54) is 44.1 Å². The second-order valence-corrected chi connectivity index (χ2v) is 8.41. The maximum Gasteiger partial charge on any atom is 0.00952 e. The first-order chi connectivity index (χ1) is 12.3. The van der Waals surface area contributed by atoms with Crippen LogP contribution in [-0.2, 0) is 12.8 Å². The minimum atomic E-state index is 0.612. The summed E-state index contributed by atoms with van der Waals surface area (Å²) in [7, 11) is 0. The van der Waals surface area contributed by atoms with E-state index in [1.807, 2.05) is 0 Å². The lowest BCUT2D eigenvalue weighted by Crippen LogP contribution is -2.19. The third kappa shape index (κ3) is 3.41. The molecule has 0 heterocycles. The molecule has 2 aliphatic carbocycles. The van der Waals surface area contributed by atoms with Gasteiger partial charge in [-0.3, -0.25) is 0 Å². The van der Waals surface area contributed by atoms with Gasteiger partial charge >= 0.3 is 0 Å². The van der Waals surface area contributed by atoms with Gasteiger partial charge in [0.15, 0.2) is 0 Å². The standard InChI is InChI=1S/C25H32/c1-3-19-12-13-22-17-21-10-6-7-11-23(21)24(25(22)16-19)15-14-20-9-5-4-8-18(20)2/h6-7,10-13,16,18,20,24H,3-5,8-9,14-15,17H2,1-2H3. The monoisotopic (exact) mass is 332 g/mol. The molecular weight excluding hydrogens is 300 g/mol. The molecule has 3 atom stereocenters. The van der Waals surface area contributed by atoms with Crippen molar-refractivity contribution in [3.8, 4) is 0 Å². The summed E-state index contributed by atoms with van der Waals surface area (Å²) < 4.78 is 0. The van der Waals surface area contributed by atoms with Crippen LogP contribution in [0.4, 0.5) is 0 Å². The second kappa shape index (κ2) is 7.36. The Balaban J connectivity index is 1.63. The number of hydrogen-bond acceptors (Lipinski definition) is 0. The summed E-state index contributed by atoms with van der Waals surface area (Å²) in [5.41, 5.74) is 7.85. The van der Waals surface area contributed by atoms with Crippen LogP contribution in [0.1, 0.15) is 86.1 Å². The van der Waals surface area contributed by atoms with E-state index in [4.69, 9.17) is 0 Å². The first-order valence-corrected chi connectivity index (χ1v) is 10.5. The van der Waals surface area contributed by atoms with Crippen LogP contribution < -0.4 is 0 Å². The van der Waals surface area contributed by atoms with Crippen molar-refractivity contribution in [3.63, 3.8) is 0 Å². The van der Waals surface area contributed by atoms with Crippen LogP contribution in [0.25, 0.3) is 0 Å². The number of fused-ring (bicyclic) bond motifs is 2. The van der Waals surface area contributed by atoms with E-state index in [1.54, 1.807) is 22.3 Å². The van der Waals surface area contributed by atoms with Gasteiger partial charge in [0.1, 0.15) is 0 Å². The summed E-state index contributed by atoms with van der Waals surface area (Å²) in [4.78, 5) is 0. The van der Waals surface area contributed by atoms with E-state index in [9.17, 15) is 0 Å². The molecule has 2 aromatic carbocycles. The van der Waals surface area contributed by atoms with Crippen molar-refractivity contribution >= 4 is 0 Å². The molecule has 0 spiro atoms. The Labute approximate surface area is 153 Å². The van der Waals surface area contributed by atoms with Gasteiger partial charge in [0.25, 0.3) is 0 Å². The lowest BCUT2D eigenvalue weighted by Gasteiger charge is -2.33. The van der Waals surface area contributed by atoms with Gasteiger partial charge < -0.3 is 0 Å². The molecule has 0 saturated heterocycles. The molecular formula is C25H32. The Morgan fingerprint density at radius 1 is 0.880 bits per heavy atom. The van der Waals surface area contributed by atoms with Crippen molar-refractivity contribution in [2.24, 2.45) is 11.8 Å². The third-order valence-corrected chi connectivity index (χ3v) is 6.92. The van der Waals surface area contributed by atoms with Crippen LogP contribution in [0, 0.1) is 11.8 Å². The Morgan fingerprint density at radius 3 is 2.52 bits per heavy atom. The van der Waals surface area contributed by atoms with Gasteiger partial charge in [-0.1, -0.05) is 82.0 Å². The van der Waals surface area contributed by atoms with Gasteiger partial charge in [-0.2, -0.15) is 0 Å². The molecule has 0 heteroatoms. The molecule has 2 aliphatic rings. The number of benzene rings is 2. The predicted octanol–water partition coefficient (Wildman–Crippen LogP) is 6.89. The molecule has 4 rings (SSSR count). The summed E-state index contributed by atoms with van der Waals surface area (Å²) in [6, 6.07) is 16.5. The summed E-state index contributed by atoms with van der Waals surface area (Å²) in [5, 5.41) is 0. The van der Waals surface area contributed by atoms with E-state index in [-0.39, 0.29) is 0 Å². The van der Waals surface area contributed by atoms with Crippen molar-refractivity contribution in [2.75, 3.05) is 0 Å². The van der Waals surface area contributed by atoms with Crippen LogP contribution in [0.15, 0.2) is 42.5 Å². The largest absolute Gasteiger partial charge is 0.0622 e. The molecule has 1 saturated carbocycles. The normalized spacial score (nSPS) is 25.3. The topological polar surface area (TPSA) is 0 Å². The fraction of sp³-hybridized carbons (Fsp3) is 0.520. The molecule has 2 aromatic rings. The molecule has 0 aromatic heterocycles. The molecule has 0 bridgehead atoms. The maximum atomic E-state index is 2.51. The highest BCUT2D eigenvalue weighted by atomic mass is 14.3. The van der Waals surface area contributed by atoms with Crippen molar-refractivity contribution in [3.05, 3.63) is 70.3 Å². The zero-order chi connectivity index (χ0) is 17.2. The van der Waals surface area contributed by atoms with Gasteiger partial charge in [-0.15, -0.1) is 0 Å². The molecule has 0 aliphatic heterocycles. The van der Waals surface area contributed by atoms with Crippen LogP contribution in [0.5, 0.6) is 0 Å². The Kier molecular flexibility index (Phi) is 4.97. The molecule has 132 valence electrons. The highest BCUT2D eigenvalue weighted by molar-refractivity contribution is 5.50. The van der Waals surface area contributed by atoms with E-state index in [0.29, 0.717) is 5.92 Å². The van der Waals surface area contributed by atoms with Crippen molar-refractivity contribution in [2.45, 2.75) is 71.1 Å². The Morgan fingerprint density at radius 2 is 1.68 bits per heavy atom. The van der Waals surface area contributed by atoms with Gasteiger partial charge in [-0.25, -0.2) is 0 Å². The fourth-order valence-electron chi connectivity index (χ4n) is 5.27. The summed E-state index contributed by atoms with van der Waals surface area (Å²) in [6.45, 7) is 4.76. The minimum Gasteiger partial charge on any atom is -0.0622 e. The maximum absolute atomic E-state index is 2.51. The van der Waals surface area contributed by atoms with E-state index >= 15 is 0 Å². The Hall–Kier alpha value is -1.56. The van der Waals surface area contributed by atoms with Crippen molar-refractivity contribution < 1.29 is 0 Å². The molecule has 0 radical (unpaired) electrons. The molecule has 25 heavy (non-hydrogen) atoms. The summed E-state index contributed by atoms with van der Waals surface area (Å²) >= 11 is 0. The first-order valence-electron chi connectivity index (χ1n) is 10.5. The lowest BCUT2D eigenvalue weighted by atomic mass is 9.72. The zero-order valence-corrected chi connectivity index (χ0v) is 15.9. The van der Waals surface area contributed by atoms with Crippen LogP contribution >= 0.6 is 0 Å². The average Bonchev–Trinajstić information content (AvgIpc) is 2.66. The zero-order valence-electron chi connectivity index (χ0n) is 15.9. The highest BCUT2D eigenvalue weighted by Gasteiger charge is 2.28. The molecule has 0 amide bonds. The van der Waals surface area contributed by atoms with E-state index in [0.717, 1.165) is 24.7 Å². The summed E-state index contributed by atoms with van der Waals surface area (Å²) in [5.74, 6) is 2.48. The molecule has 3 unspecified atom stereocenters.